The van der Waals surface area contributed by atoms with Crippen molar-refractivity contribution in [3.8, 4) is 17.4 Å². The number of sulfonamides is 1. The van der Waals surface area contributed by atoms with Crippen LogP contribution in [0.1, 0.15) is 86.5 Å². The molecule has 2 unspecified atom stereocenters. The Hall–Kier alpha value is -4.60. The van der Waals surface area contributed by atoms with Crippen LogP contribution in [0.15, 0.2) is 36.5 Å². The molecule has 0 radical (unpaired) electrons. The van der Waals surface area contributed by atoms with Gasteiger partial charge in [0.25, 0.3) is 5.91 Å². The number of hydrogen-bond donors (Lipinski definition) is 3. The molecule has 3 fully saturated rings. The lowest BCUT2D eigenvalue weighted by Crippen LogP contribution is -2.59. The van der Waals surface area contributed by atoms with Crippen molar-refractivity contribution >= 4 is 44.6 Å². The van der Waals surface area contributed by atoms with E-state index in [0.717, 1.165) is 11.8 Å². The lowest BCUT2D eigenvalue weighted by molar-refractivity contribution is -0.142. The highest BCUT2D eigenvalue weighted by Crippen LogP contribution is 2.48. The molecule has 16 heteroatoms. The quantitative estimate of drug-likeness (QED) is 0.357. The Morgan fingerprint density at radius 3 is 2.54 bits per heavy atom. The molecule has 2 saturated carbocycles. The molecular weight excluding hydrogens is 743 g/mol. The first-order valence-corrected chi connectivity index (χ1v) is 21.1. The van der Waals surface area contributed by atoms with Gasteiger partial charge in [0.05, 0.1) is 11.3 Å². The summed E-state index contributed by atoms with van der Waals surface area (Å²) in [6, 6.07) is 3.20. The maximum Gasteiger partial charge on any atom is 0.408 e. The van der Waals surface area contributed by atoms with E-state index in [0.29, 0.717) is 55.8 Å². The van der Waals surface area contributed by atoms with E-state index in [1.807, 2.05) is 25.1 Å². The van der Waals surface area contributed by atoms with E-state index in [1.54, 1.807) is 46.0 Å². The maximum absolute atomic E-state index is 14.8. The predicted molar refractivity (Wildman–Crippen MR) is 205 cm³/mol. The van der Waals surface area contributed by atoms with Crippen LogP contribution >= 0.6 is 0 Å². The highest BCUT2D eigenvalue weighted by Gasteiger charge is 2.63. The second-order valence-corrected chi connectivity index (χ2v) is 19.6. The number of aromatic nitrogens is 1. The van der Waals surface area contributed by atoms with Crippen LogP contribution in [0, 0.1) is 17.8 Å². The van der Waals surface area contributed by atoms with Gasteiger partial charge in [-0.25, -0.2) is 18.2 Å². The first-order valence-electron chi connectivity index (χ1n) is 19.6. The highest BCUT2D eigenvalue weighted by atomic mass is 32.2. The molecule has 5 aliphatic rings. The number of pyridine rings is 1. The summed E-state index contributed by atoms with van der Waals surface area (Å²) < 4.78 is 51.4. The Labute approximate surface area is 327 Å². The largest absolute Gasteiger partial charge is 0.486 e. The summed E-state index contributed by atoms with van der Waals surface area (Å²) in [6.07, 6.45) is 7.04. The summed E-state index contributed by atoms with van der Waals surface area (Å²) in [5.74, 6) is -1.15. The molecule has 304 valence electrons. The van der Waals surface area contributed by atoms with E-state index in [1.165, 1.54) is 4.90 Å². The maximum atomic E-state index is 14.8. The van der Waals surface area contributed by atoms with Crippen molar-refractivity contribution in [3.05, 3.63) is 36.5 Å². The summed E-state index contributed by atoms with van der Waals surface area (Å²) in [7, 11) is -4.00. The average Bonchev–Trinajstić information content (AvgIpc) is 4.01. The van der Waals surface area contributed by atoms with E-state index in [2.05, 4.69) is 27.3 Å². The van der Waals surface area contributed by atoms with Gasteiger partial charge in [-0.1, -0.05) is 26.0 Å². The van der Waals surface area contributed by atoms with Crippen molar-refractivity contribution in [2.75, 3.05) is 19.8 Å². The number of benzene rings is 1. The molecular formula is C40H53N5O10S. The second kappa shape index (κ2) is 14.7. The Kier molecular flexibility index (Phi) is 10.4. The van der Waals surface area contributed by atoms with E-state index in [4.69, 9.17) is 18.9 Å². The van der Waals surface area contributed by atoms with Crippen LogP contribution in [0.5, 0.6) is 17.4 Å². The van der Waals surface area contributed by atoms with Crippen molar-refractivity contribution in [3.63, 3.8) is 0 Å². The Balaban J connectivity index is 1.22. The average molecular weight is 796 g/mol. The Morgan fingerprint density at radius 1 is 1.05 bits per heavy atom. The number of carbonyl (C=O) groups excluding carboxylic acids is 4. The number of fused-ring (bicyclic) bond motifs is 5. The van der Waals surface area contributed by atoms with Gasteiger partial charge in [0.2, 0.25) is 27.7 Å². The lowest BCUT2D eigenvalue weighted by Gasteiger charge is -2.33. The van der Waals surface area contributed by atoms with Gasteiger partial charge in [-0.3, -0.25) is 19.1 Å². The molecule has 2 aromatic rings. The van der Waals surface area contributed by atoms with Crippen LogP contribution in [0.2, 0.25) is 0 Å². The fourth-order valence-corrected chi connectivity index (χ4v) is 9.33. The number of nitrogens with zero attached hydrogens (tertiary/aromatic N) is 2. The molecule has 56 heavy (non-hydrogen) atoms. The molecule has 1 aromatic carbocycles. The minimum Gasteiger partial charge on any atom is -0.486 e. The third kappa shape index (κ3) is 7.98. The van der Waals surface area contributed by atoms with Gasteiger partial charge in [0.15, 0.2) is 11.5 Å². The first-order chi connectivity index (χ1) is 26.4. The summed E-state index contributed by atoms with van der Waals surface area (Å²) in [5.41, 5.74) is -2.36. The van der Waals surface area contributed by atoms with Crippen molar-refractivity contribution < 1.29 is 46.5 Å². The van der Waals surface area contributed by atoms with Crippen molar-refractivity contribution in [1.82, 2.24) is 25.2 Å². The predicted octanol–water partition coefficient (Wildman–Crippen LogP) is 4.13. The Morgan fingerprint density at radius 2 is 1.80 bits per heavy atom. The summed E-state index contributed by atoms with van der Waals surface area (Å²) in [6.45, 7) is 11.5. The smallest absolute Gasteiger partial charge is 0.408 e. The van der Waals surface area contributed by atoms with E-state index in [9.17, 15) is 27.6 Å². The fourth-order valence-electron chi connectivity index (χ4n) is 8.02. The SMILES string of the molecule is C[C@H]1CC/C=C\C2C[C@@]2(C(=O)NS(=O)(=O)C2(C)CC2)NC(=O)[C@@H]2CC(Oc3nccc4c5c(ccc34)OCCO5)CN2C(=O)[C@@H](NC(=O)OC(C)(C)C)[C@H](C)C1. The minimum absolute atomic E-state index is 0.0265. The molecule has 1 saturated heterocycles. The van der Waals surface area contributed by atoms with Crippen molar-refractivity contribution in [1.29, 1.82) is 0 Å². The van der Waals surface area contributed by atoms with Crippen LogP contribution in [-0.4, -0.2) is 95.9 Å². The summed E-state index contributed by atoms with van der Waals surface area (Å²) in [5, 5.41) is 7.10. The molecule has 1 aromatic heterocycles. The monoisotopic (exact) mass is 795 g/mol. The zero-order valence-electron chi connectivity index (χ0n) is 32.9. The van der Waals surface area contributed by atoms with Crippen LogP contribution in [0.3, 0.4) is 0 Å². The number of nitrogens with one attached hydrogen (secondary N) is 3. The van der Waals surface area contributed by atoms with Gasteiger partial charge in [0.1, 0.15) is 42.5 Å². The van der Waals surface area contributed by atoms with Crippen LogP contribution in [0.25, 0.3) is 10.8 Å². The van der Waals surface area contributed by atoms with Crippen molar-refractivity contribution in [2.45, 2.75) is 121 Å². The molecule has 0 spiro atoms. The van der Waals surface area contributed by atoms with E-state index in [-0.39, 0.29) is 37.1 Å². The number of alkyl carbamates (subject to hydrolysis) is 1. The van der Waals surface area contributed by atoms with E-state index >= 15 is 0 Å². The molecule has 4 heterocycles. The number of rotatable bonds is 6. The topological polar surface area (TPSA) is 192 Å². The third-order valence-corrected chi connectivity index (χ3v) is 13.8. The third-order valence-electron chi connectivity index (χ3n) is 11.6. The summed E-state index contributed by atoms with van der Waals surface area (Å²) in [4.78, 5) is 62.4. The lowest BCUT2D eigenvalue weighted by atomic mass is 9.88. The standard InChI is InChI=1S/C40H53N5O10S/c1-23-9-7-8-10-25-21-40(25,36(48)44-56(50,51)39(6)14-15-39)43-33(46)29-20-26(22-45(29)35(47)31(24(2)19-23)42-37(49)55-38(3,4)5)54-34-28-11-12-30-32(53-18-17-52-30)27(28)13-16-41-34/h8,10-13,16,23-26,29,31H,7,9,14-15,17-22H2,1-6H3,(H,42,49)(H,43,46)(H,44,48)/b10-8-/t23-,24+,25?,26?,29-,31-,40+/m0/s1. The minimum atomic E-state index is -4.00. The zero-order chi connectivity index (χ0) is 40.2. The fraction of sp³-hybridized carbons (Fsp3) is 0.625. The normalized spacial score (nSPS) is 30.7. The molecule has 3 aliphatic heterocycles. The van der Waals surface area contributed by atoms with E-state index < -0.39 is 73.8 Å². The number of hydrogen-bond acceptors (Lipinski definition) is 11. The molecule has 7 rings (SSSR count). The number of amides is 4. The summed E-state index contributed by atoms with van der Waals surface area (Å²) >= 11 is 0. The van der Waals surface area contributed by atoms with Crippen LogP contribution in [-0.2, 0) is 29.1 Å². The molecule has 0 bridgehead atoms. The molecule has 3 N–H and O–H groups in total. The van der Waals surface area contributed by atoms with Gasteiger partial charge in [0, 0.05) is 29.3 Å². The first kappa shape index (κ1) is 39.6. The number of carbonyl (C=O) groups is 4. The van der Waals surface area contributed by atoms with Gasteiger partial charge >= 0.3 is 6.09 Å². The van der Waals surface area contributed by atoms with Gasteiger partial charge in [-0.2, -0.15) is 0 Å². The number of allylic oxidation sites excluding steroid dienone is 1. The Bertz CT molecular complexity index is 2050. The van der Waals surface area contributed by atoms with Crippen LogP contribution in [0.4, 0.5) is 4.79 Å². The molecule has 15 nitrogen and oxygen atoms in total. The molecule has 2 aliphatic carbocycles. The highest BCUT2D eigenvalue weighted by molar-refractivity contribution is 7.91. The molecule has 4 amide bonds. The second-order valence-electron chi connectivity index (χ2n) is 17.4. The number of ether oxygens (including phenoxy) is 4. The van der Waals surface area contributed by atoms with Crippen LogP contribution < -0.4 is 29.6 Å². The van der Waals surface area contributed by atoms with Gasteiger partial charge in [-0.15, -0.1) is 0 Å². The van der Waals surface area contributed by atoms with Crippen molar-refractivity contribution in [2.24, 2.45) is 17.8 Å². The van der Waals surface area contributed by atoms with Gasteiger partial charge in [-0.05, 0) is 96.3 Å². The zero-order valence-corrected chi connectivity index (χ0v) is 33.7. The molecule has 7 atom stereocenters. The van der Waals surface area contributed by atoms with Gasteiger partial charge < -0.3 is 34.5 Å².